The summed E-state index contributed by atoms with van der Waals surface area (Å²) >= 11 is 0. The monoisotopic (exact) mass is 404 g/mol. The van der Waals surface area contributed by atoms with Crippen LogP contribution in [0, 0.1) is 0 Å². The van der Waals surface area contributed by atoms with E-state index in [0.29, 0.717) is 18.8 Å². The molecule has 0 aliphatic rings. The van der Waals surface area contributed by atoms with Gasteiger partial charge in [0.25, 0.3) is 0 Å². The van der Waals surface area contributed by atoms with Crippen LogP contribution in [0.5, 0.6) is 17.2 Å². The number of hydrogen-bond donors (Lipinski definition) is 0. The Hall–Kier alpha value is -2.42. The van der Waals surface area contributed by atoms with Crippen molar-refractivity contribution in [3.05, 3.63) is 48.5 Å². The van der Waals surface area contributed by atoms with Gasteiger partial charge in [-0.2, -0.15) is 13.2 Å². The maximum absolute atomic E-state index is 12.3. The third-order valence-corrected chi connectivity index (χ3v) is 4.44. The van der Waals surface area contributed by atoms with E-state index in [1.165, 1.54) is 24.3 Å². The van der Waals surface area contributed by atoms with Crippen LogP contribution in [0.2, 0.25) is 0 Å². The van der Waals surface area contributed by atoms with Gasteiger partial charge in [-0.05, 0) is 36.4 Å². The van der Waals surface area contributed by atoms with Crippen LogP contribution in [0.3, 0.4) is 0 Å². The number of alkyl halides is 3. The lowest BCUT2D eigenvalue weighted by molar-refractivity contribution is -0.153. The van der Waals surface area contributed by atoms with Gasteiger partial charge in [0, 0.05) is 12.7 Å². The molecule has 0 fully saturated rings. The molecule has 0 bridgehead atoms. The van der Waals surface area contributed by atoms with Gasteiger partial charge in [-0.15, -0.1) is 0 Å². The molecule has 2 rings (SSSR count). The molecule has 0 heterocycles. The van der Waals surface area contributed by atoms with Crippen LogP contribution in [0.4, 0.5) is 13.2 Å². The Labute approximate surface area is 155 Å². The summed E-state index contributed by atoms with van der Waals surface area (Å²) in [6, 6.07) is 12.1. The third kappa shape index (κ3) is 7.38. The van der Waals surface area contributed by atoms with Gasteiger partial charge in [0.2, 0.25) is 0 Å². The number of ether oxygens (including phenoxy) is 3. The van der Waals surface area contributed by atoms with Crippen molar-refractivity contribution in [3.8, 4) is 17.2 Å². The van der Waals surface area contributed by atoms with Gasteiger partial charge in [0.05, 0.1) is 18.1 Å². The largest absolute Gasteiger partial charge is 0.493 e. The van der Waals surface area contributed by atoms with Gasteiger partial charge in [0.1, 0.15) is 5.75 Å². The van der Waals surface area contributed by atoms with Crippen molar-refractivity contribution in [2.24, 2.45) is 0 Å². The molecule has 0 saturated heterocycles. The second-order valence-corrected chi connectivity index (χ2v) is 7.66. The lowest BCUT2D eigenvalue weighted by Gasteiger charge is -2.14. The molecule has 5 nitrogen and oxygen atoms in total. The summed E-state index contributed by atoms with van der Waals surface area (Å²) in [5, 5.41) is 0. The molecule has 0 aromatic heterocycles. The van der Waals surface area contributed by atoms with Crippen LogP contribution in [0.25, 0.3) is 0 Å². The van der Waals surface area contributed by atoms with E-state index in [1.807, 2.05) is 0 Å². The SMILES string of the molecule is CS(=O)(=O)c1ccc(OCCCOc2ccccc2OCC(F)(F)F)cc1. The maximum Gasteiger partial charge on any atom is 0.422 e. The summed E-state index contributed by atoms with van der Waals surface area (Å²) in [5.74, 6) is 0.752. The highest BCUT2D eigenvalue weighted by Gasteiger charge is 2.28. The first-order chi connectivity index (χ1) is 12.6. The highest BCUT2D eigenvalue weighted by Crippen LogP contribution is 2.28. The van der Waals surface area contributed by atoms with E-state index in [4.69, 9.17) is 14.2 Å². The van der Waals surface area contributed by atoms with E-state index >= 15 is 0 Å². The molecule has 0 radical (unpaired) electrons. The molecule has 0 aliphatic carbocycles. The molecular weight excluding hydrogens is 385 g/mol. The Morgan fingerprint density at radius 1 is 0.852 bits per heavy atom. The van der Waals surface area contributed by atoms with Crippen LogP contribution < -0.4 is 14.2 Å². The highest BCUT2D eigenvalue weighted by atomic mass is 32.2. The zero-order valence-electron chi connectivity index (χ0n) is 14.5. The summed E-state index contributed by atoms with van der Waals surface area (Å²) in [5.41, 5.74) is 0. The first-order valence-corrected chi connectivity index (χ1v) is 9.88. The second-order valence-electron chi connectivity index (χ2n) is 5.64. The average Bonchev–Trinajstić information content (AvgIpc) is 2.59. The van der Waals surface area contributed by atoms with Crippen molar-refractivity contribution in [2.75, 3.05) is 26.1 Å². The number of sulfone groups is 1. The molecule has 0 atom stereocenters. The van der Waals surface area contributed by atoms with Crippen LogP contribution >= 0.6 is 0 Å². The van der Waals surface area contributed by atoms with Crippen molar-refractivity contribution >= 4 is 9.84 Å². The summed E-state index contributed by atoms with van der Waals surface area (Å²) in [7, 11) is -3.26. The van der Waals surface area contributed by atoms with E-state index in [-0.39, 0.29) is 23.0 Å². The summed E-state index contributed by atoms with van der Waals surface area (Å²) in [6.07, 6.45) is -2.83. The zero-order chi connectivity index (χ0) is 19.9. The predicted octanol–water partition coefficient (Wildman–Crippen LogP) is 3.88. The fraction of sp³-hybridized carbons (Fsp3) is 0.333. The quantitative estimate of drug-likeness (QED) is 0.594. The predicted molar refractivity (Wildman–Crippen MR) is 93.2 cm³/mol. The van der Waals surface area contributed by atoms with Crippen molar-refractivity contribution < 1.29 is 35.8 Å². The van der Waals surface area contributed by atoms with Crippen molar-refractivity contribution in [3.63, 3.8) is 0 Å². The average molecular weight is 404 g/mol. The summed E-state index contributed by atoms with van der Waals surface area (Å²) in [4.78, 5) is 0.202. The van der Waals surface area contributed by atoms with E-state index in [1.54, 1.807) is 24.3 Å². The minimum absolute atomic E-state index is 0.0205. The first-order valence-electron chi connectivity index (χ1n) is 7.99. The number of hydrogen-bond acceptors (Lipinski definition) is 5. The maximum atomic E-state index is 12.3. The van der Waals surface area contributed by atoms with Crippen molar-refractivity contribution in [2.45, 2.75) is 17.5 Å². The number of halogens is 3. The number of para-hydroxylation sites is 2. The highest BCUT2D eigenvalue weighted by molar-refractivity contribution is 7.90. The Balaban J connectivity index is 1.77. The zero-order valence-corrected chi connectivity index (χ0v) is 15.3. The van der Waals surface area contributed by atoms with Crippen LogP contribution in [0.1, 0.15) is 6.42 Å². The fourth-order valence-electron chi connectivity index (χ4n) is 2.06. The van der Waals surface area contributed by atoms with E-state index < -0.39 is 22.6 Å². The Bertz CT molecular complexity index is 833. The molecule has 27 heavy (non-hydrogen) atoms. The molecule has 2 aromatic rings. The van der Waals surface area contributed by atoms with E-state index in [9.17, 15) is 21.6 Å². The van der Waals surface area contributed by atoms with Crippen LogP contribution in [0.15, 0.2) is 53.4 Å². The lowest BCUT2D eigenvalue weighted by Crippen LogP contribution is -2.19. The van der Waals surface area contributed by atoms with Gasteiger partial charge in [-0.3, -0.25) is 0 Å². The smallest absolute Gasteiger partial charge is 0.422 e. The molecule has 0 spiro atoms. The summed E-state index contributed by atoms with van der Waals surface area (Å²) in [6.45, 7) is -0.877. The fourth-order valence-corrected chi connectivity index (χ4v) is 2.69. The lowest BCUT2D eigenvalue weighted by atomic mass is 10.3. The molecule has 0 aliphatic heterocycles. The van der Waals surface area contributed by atoms with E-state index in [2.05, 4.69) is 0 Å². The Morgan fingerprint density at radius 3 is 1.96 bits per heavy atom. The van der Waals surface area contributed by atoms with Gasteiger partial charge >= 0.3 is 6.18 Å². The van der Waals surface area contributed by atoms with Gasteiger partial charge in [-0.25, -0.2) is 8.42 Å². The Morgan fingerprint density at radius 2 is 1.41 bits per heavy atom. The Kier molecular flexibility index (Phi) is 6.95. The normalized spacial score (nSPS) is 11.9. The first kappa shape index (κ1) is 20.9. The standard InChI is InChI=1S/C18H19F3O5S/c1-27(22,23)15-9-7-14(8-10-15)24-11-4-12-25-16-5-2-3-6-17(16)26-13-18(19,20)21/h2-3,5-10H,4,11-13H2,1H3. The van der Waals surface area contributed by atoms with Crippen LogP contribution in [-0.2, 0) is 9.84 Å². The summed E-state index contributed by atoms with van der Waals surface area (Å²) < 4.78 is 75.2. The molecular formula is C18H19F3O5S. The molecule has 9 heteroatoms. The third-order valence-electron chi connectivity index (χ3n) is 3.31. The van der Waals surface area contributed by atoms with Gasteiger partial charge in [0.15, 0.2) is 27.9 Å². The topological polar surface area (TPSA) is 61.8 Å². The van der Waals surface area contributed by atoms with Crippen molar-refractivity contribution in [1.29, 1.82) is 0 Å². The molecule has 148 valence electrons. The van der Waals surface area contributed by atoms with Crippen LogP contribution in [-0.4, -0.2) is 40.7 Å². The van der Waals surface area contributed by atoms with Crippen molar-refractivity contribution in [1.82, 2.24) is 0 Å². The molecule has 0 unspecified atom stereocenters. The second kappa shape index (κ2) is 8.98. The number of rotatable bonds is 9. The molecule has 0 amide bonds. The van der Waals surface area contributed by atoms with E-state index in [0.717, 1.165) is 6.26 Å². The minimum atomic E-state index is -4.42. The number of benzene rings is 2. The van der Waals surface area contributed by atoms with Gasteiger partial charge < -0.3 is 14.2 Å². The molecule has 0 saturated carbocycles. The molecule has 2 aromatic carbocycles. The minimum Gasteiger partial charge on any atom is -0.493 e. The molecule has 0 N–H and O–H groups in total. The van der Waals surface area contributed by atoms with Gasteiger partial charge in [-0.1, -0.05) is 12.1 Å².